The lowest BCUT2D eigenvalue weighted by Crippen LogP contribution is -2.21. The van der Waals surface area contributed by atoms with Crippen LogP contribution in [-0.4, -0.2) is 30.9 Å². The number of carboxylic acids is 1. The van der Waals surface area contributed by atoms with Crippen LogP contribution in [0.4, 0.5) is 0 Å². The van der Waals surface area contributed by atoms with E-state index in [-0.39, 0.29) is 0 Å². The number of rotatable bonds is 4. The van der Waals surface area contributed by atoms with Gasteiger partial charge in [-0.3, -0.25) is 9.59 Å². The molecule has 0 aromatic rings. The van der Waals surface area contributed by atoms with E-state index < -0.39 is 29.8 Å². The van der Waals surface area contributed by atoms with Gasteiger partial charge in [0.1, 0.15) is 0 Å². The van der Waals surface area contributed by atoms with E-state index in [1.165, 1.54) is 0 Å². The summed E-state index contributed by atoms with van der Waals surface area (Å²) in [6, 6.07) is 0. The number of primary amides is 1. The molecule has 0 aromatic carbocycles. The summed E-state index contributed by atoms with van der Waals surface area (Å²) >= 11 is 0. The molecule has 68 valence electrons. The van der Waals surface area contributed by atoms with E-state index in [1.807, 2.05) is 0 Å². The SMILES string of the molecule is [B]NC(=O)/C=C(/CC(N)=O)C(=O)O. The van der Waals surface area contributed by atoms with Crippen LogP contribution in [0.1, 0.15) is 6.42 Å². The Morgan fingerprint density at radius 1 is 1.46 bits per heavy atom. The van der Waals surface area contributed by atoms with E-state index in [9.17, 15) is 14.4 Å². The summed E-state index contributed by atoms with van der Waals surface area (Å²) in [4.78, 5) is 31.3. The van der Waals surface area contributed by atoms with Crippen molar-refractivity contribution in [2.45, 2.75) is 6.42 Å². The number of carboxylic acid groups (broad SMARTS) is 1. The summed E-state index contributed by atoms with van der Waals surface area (Å²) in [5, 5.41) is 10.2. The molecule has 4 N–H and O–H groups in total. The van der Waals surface area contributed by atoms with Crippen LogP contribution in [0.3, 0.4) is 0 Å². The third-order valence-electron chi connectivity index (χ3n) is 1.09. The Hall–Kier alpha value is -1.79. The number of carbonyl (C=O) groups is 3. The summed E-state index contributed by atoms with van der Waals surface area (Å²) in [5.74, 6) is -3.03. The first-order chi connectivity index (χ1) is 5.97. The Morgan fingerprint density at radius 3 is 2.31 bits per heavy atom. The number of aliphatic carboxylic acids is 1. The average Bonchev–Trinajstić information content (AvgIpc) is 2.02. The zero-order chi connectivity index (χ0) is 10.4. The molecule has 2 amide bonds. The number of nitrogens with two attached hydrogens (primary N) is 1. The number of amides is 2. The zero-order valence-electron chi connectivity index (χ0n) is 6.61. The van der Waals surface area contributed by atoms with Crippen LogP contribution < -0.4 is 11.0 Å². The summed E-state index contributed by atoms with van der Waals surface area (Å²) in [6.45, 7) is 0. The van der Waals surface area contributed by atoms with Crippen molar-refractivity contribution >= 4 is 25.8 Å². The molecule has 0 aliphatic heterocycles. The van der Waals surface area contributed by atoms with E-state index in [0.29, 0.717) is 6.08 Å². The van der Waals surface area contributed by atoms with Gasteiger partial charge in [-0.1, -0.05) is 0 Å². The van der Waals surface area contributed by atoms with E-state index >= 15 is 0 Å². The average molecular weight is 182 g/mol. The second-order valence-corrected chi connectivity index (χ2v) is 2.13. The first-order valence-corrected chi connectivity index (χ1v) is 3.20. The molecule has 0 unspecified atom stereocenters. The van der Waals surface area contributed by atoms with Crippen LogP contribution in [0, 0.1) is 0 Å². The number of nitrogens with one attached hydrogen (secondary N) is 1. The van der Waals surface area contributed by atoms with E-state index in [2.05, 4.69) is 0 Å². The molecule has 0 aromatic heterocycles. The van der Waals surface area contributed by atoms with Crippen LogP contribution in [0.25, 0.3) is 0 Å². The Balaban J connectivity index is 4.60. The molecule has 0 aliphatic carbocycles. The molecule has 0 atom stereocenters. The summed E-state index contributed by atoms with van der Waals surface area (Å²) in [6.07, 6.45) is 0.190. The zero-order valence-corrected chi connectivity index (χ0v) is 6.61. The fourth-order valence-corrected chi connectivity index (χ4v) is 0.576. The highest BCUT2D eigenvalue weighted by Gasteiger charge is 2.11. The van der Waals surface area contributed by atoms with Crippen molar-refractivity contribution in [2.24, 2.45) is 5.73 Å². The predicted molar refractivity (Wildman–Crippen MR) is 43.4 cm³/mol. The van der Waals surface area contributed by atoms with Gasteiger partial charge in [0, 0.05) is 6.08 Å². The molecule has 6 nitrogen and oxygen atoms in total. The van der Waals surface area contributed by atoms with Crippen molar-refractivity contribution in [2.75, 3.05) is 0 Å². The minimum atomic E-state index is -1.39. The molecule has 2 radical (unpaired) electrons. The Labute approximate surface area is 75.2 Å². The smallest absolute Gasteiger partial charge is 0.332 e. The van der Waals surface area contributed by atoms with Crippen molar-refractivity contribution < 1.29 is 19.5 Å². The molecule has 0 bridgehead atoms. The van der Waals surface area contributed by atoms with Crippen molar-refractivity contribution in [3.05, 3.63) is 11.6 Å². The van der Waals surface area contributed by atoms with Crippen LogP contribution in [0.2, 0.25) is 0 Å². The second kappa shape index (κ2) is 4.97. The summed E-state index contributed by atoms with van der Waals surface area (Å²) in [7, 11) is 4.70. The minimum absolute atomic E-state index is 0.407. The predicted octanol–water partition coefficient (Wildman–Crippen LogP) is -1.93. The van der Waals surface area contributed by atoms with Crippen LogP contribution in [0.15, 0.2) is 11.6 Å². The van der Waals surface area contributed by atoms with Gasteiger partial charge in [0.25, 0.3) is 0 Å². The third kappa shape index (κ3) is 4.62. The van der Waals surface area contributed by atoms with Crippen molar-refractivity contribution in [3.8, 4) is 0 Å². The molecule has 0 spiro atoms. The van der Waals surface area contributed by atoms with Crippen LogP contribution in [0.5, 0.6) is 0 Å². The van der Waals surface area contributed by atoms with Gasteiger partial charge in [-0.2, -0.15) is 0 Å². The maximum absolute atomic E-state index is 10.6. The van der Waals surface area contributed by atoms with Gasteiger partial charge in [-0.05, 0) is 0 Å². The third-order valence-corrected chi connectivity index (χ3v) is 1.09. The highest BCUT2D eigenvalue weighted by atomic mass is 16.4. The first-order valence-electron chi connectivity index (χ1n) is 3.20. The number of hydrogen-bond acceptors (Lipinski definition) is 3. The van der Waals surface area contributed by atoms with Crippen molar-refractivity contribution in [3.63, 3.8) is 0 Å². The number of hydrogen-bond donors (Lipinski definition) is 3. The number of carbonyl (C=O) groups excluding carboxylic acids is 2. The monoisotopic (exact) mass is 182 g/mol. The van der Waals surface area contributed by atoms with Crippen LogP contribution >= 0.6 is 0 Å². The molecular weight excluding hydrogens is 175 g/mol. The molecule has 0 fully saturated rings. The lowest BCUT2D eigenvalue weighted by Gasteiger charge is -1.98. The molecule has 13 heavy (non-hydrogen) atoms. The Bertz CT molecular complexity index is 274. The Kier molecular flexibility index (Phi) is 4.28. The van der Waals surface area contributed by atoms with Crippen LogP contribution in [-0.2, 0) is 14.4 Å². The van der Waals surface area contributed by atoms with Gasteiger partial charge < -0.3 is 16.1 Å². The standard InChI is InChI=1S/C6H7BN2O4/c7-9-5(11)2-3(6(12)13)1-4(8)10/h2H,1H2,(H2,8,10)(H,9,11)(H,12,13)/b3-2-. The molecule has 0 aliphatic rings. The maximum atomic E-state index is 10.6. The van der Waals surface area contributed by atoms with Gasteiger partial charge in [0.2, 0.25) is 19.8 Å². The topological polar surface area (TPSA) is 109 Å². The molecule has 0 saturated heterocycles. The van der Waals surface area contributed by atoms with Crippen molar-refractivity contribution in [1.29, 1.82) is 0 Å². The van der Waals surface area contributed by atoms with Gasteiger partial charge in [0.05, 0.1) is 12.0 Å². The van der Waals surface area contributed by atoms with Crippen molar-refractivity contribution in [1.82, 2.24) is 5.23 Å². The molecule has 0 saturated carbocycles. The molecule has 0 rings (SSSR count). The van der Waals surface area contributed by atoms with Gasteiger partial charge >= 0.3 is 5.97 Å². The normalized spacial score (nSPS) is 10.6. The van der Waals surface area contributed by atoms with Gasteiger partial charge in [0.15, 0.2) is 0 Å². The second-order valence-electron chi connectivity index (χ2n) is 2.13. The highest BCUT2D eigenvalue weighted by molar-refractivity contribution is 6.17. The maximum Gasteiger partial charge on any atom is 0.332 e. The minimum Gasteiger partial charge on any atom is -0.478 e. The van der Waals surface area contributed by atoms with E-state index in [1.54, 1.807) is 5.23 Å². The molecule has 7 heteroatoms. The van der Waals surface area contributed by atoms with Gasteiger partial charge in [-0.25, -0.2) is 4.79 Å². The highest BCUT2D eigenvalue weighted by Crippen LogP contribution is 2.00. The summed E-state index contributed by atoms with van der Waals surface area (Å²) < 4.78 is 0. The molecular formula is C6H7BN2O4. The quantitative estimate of drug-likeness (QED) is 0.347. The largest absolute Gasteiger partial charge is 0.478 e. The van der Waals surface area contributed by atoms with E-state index in [0.717, 1.165) is 0 Å². The molecule has 0 heterocycles. The fraction of sp³-hybridized carbons (Fsp3) is 0.167. The lowest BCUT2D eigenvalue weighted by atomic mass is 10.1. The van der Waals surface area contributed by atoms with Gasteiger partial charge in [-0.15, -0.1) is 0 Å². The fourth-order valence-electron chi connectivity index (χ4n) is 0.576. The first kappa shape index (κ1) is 11.2. The summed E-state index contributed by atoms with van der Waals surface area (Å²) in [5.41, 5.74) is 4.34. The Morgan fingerprint density at radius 2 is 2.00 bits per heavy atom. The lowest BCUT2D eigenvalue weighted by molar-refractivity contribution is -0.134. The van der Waals surface area contributed by atoms with E-state index in [4.69, 9.17) is 18.8 Å².